The summed E-state index contributed by atoms with van der Waals surface area (Å²) in [5, 5.41) is 0. The van der Waals surface area contributed by atoms with Gasteiger partial charge in [0.2, 0.25) is 0 Å². The van der Waals surface area contributed by atoms with Gasteiger partial charge in [-0.3, -0.25) is 0 Å². The molecule has 0 atom stereocenters. The molecule has 0 aliphatic carbocycles. The number of aliphatic imine (C=N–C) groups is 1. The van der Waals surface area contributed by atoms with Crippen molar-refractivity contribution < 1.29 is 13.5 Å². The molecule has 0 spiro atoms. The monoisotopic (exact) mass is 457 g/mol. The summed E-state index contributed by atoms with van der Waals surface area (Å²) >= 11 is 0. The Bertz CT molecular complexity index is 1100. The minimum Gasteiger partial charge on any atom is -0.497 e. The number of hydrogen-bond acceptors (Lipinski definition) is 3. The number of methoxy groups -OCH3 is 1. The maximum absolute atomic E-state index is 14.1. The van der Waals surface area contributed by atoms with Gasteiger partial charge < -0.3 is 10.2 Å². The Hall–Kier alpha value is -4.03. The summed E-state index contributed by atoms with van der Waals surface area (Å²) in [5.41, 5.74) is 8.06. The first-order valence-electron chi connectivity index (χ1n) is 10.8. The first kappa shape index (κ1) is 23.1. The number of amidine groups is 1. The summed E-state index contributed by atoms with van der Waals surface area (Å²) in [7, 11) is 1.55. The summed E-state index contributed by atoms with van der Waals surface area (Å²) in [5.74, 6) is 0.136. The highest BCUT2D eigenvalue weighted by molar-refractivity contribution is 5.87. The van der Waals surface area contributed by atoms with Gasteiger partial charge in [0, 0.05) is 0 Å². The topological polar surface area (TPSA) is 45.6 Å². The molecule has 0 saturated heterocycles. The minimum absolute atomic E-state index is 0.384. The van der Waals surface area contributed by atoms with E-state index in [-0.39, 0.29) is 0 Å². The first-order chi connectivity index (χ1) is 16.6. The number of alkyl halides is 2. The molecule has 0 aromatic heterocycles. The molecule has 0 unspecified atom stereocenters. The zero-order chi connectivity index (χ0) is 23.8. The number of rotatable bonds is 8. The molecule has 0 fully saturated rings. The number of ether oxygens (including phenoxy) is 1. The third-order valence-corrected chi connectivity index (χ3v) is 5.53. The van der Waals surface area contributed by atoms with Crippen LogP contribution in [0.25, 0.3) is 0 Å². The average molecular weight is 458 g/mol. The third-order valence-electron chi connectivity index (χ3n) is 5.53. The third kappa shape index (κ3) is 4.97. The molecule has 34 heavy (non-hydrogen) atoms. The van der Waals surface area contributed by atoms with Crippen LogP contribution in [0.15, 0.2) is 120 Å². The minimum atomic E-state index is -2.82. The highest BCUT2D eigenvalue weighted by atomic mass is 19.3. The largest absolute Gasteiger partial charge is 0.497 e. The van der Waals surface area contributed by atoms with Crippen LogP contribution < -0.4 is 15.6 Å². The van der Waals surface area contributed by atoms with Crippen molar-refractivity contribution in [2.24, 2.45) is 4.99 Å². The molecule has 0 radical (unpaired) electrons. The molecular formula is C28H25F2N3O. The Kier molecular flexibility index (Phi) is 7.30. The number of benzene rings is 4. The maximum Gasteiger partial charge on any atom is 0.296 e. The molecule has 4 rings (SSSR count). The van der Waals surface area contributed by atoms with Gasteiger partial charge in [-0.05, 0) is 41.0 Å². The van der Waals surface area contributed by atoms with Crippen molar-refractivity contribution in [1.29, 1.82) is 0 Å². The highest BCUT2D eigenvalue weighted by Crippen LogP contribution is 2.36. The Labute approximate surface area is 197 Å². The number of hydrogen-bond donors (Lipinski definition) is 2. The van der Waals surface area contributed by atoms with Crippen LogP contribution in [-0.2, 0) is 5.54 Å². The normalized spacial score (nSPS) is 11.9. The summed E-state index contributed by atoms with van der Waals surface area (Å²) in [6.07, 6.45) is -2.82. The van der Waals surface area contributed by atoms with Crippen LogP contribution >= 0.6 is 0 Å². The Morgan fingerprint density at radius 2 is 1.15 bits per heavy atom. The van der Waals surface area contributed by atoms with Crippen LogP contribution in [0.3, 0.4) is 0 Å². The van der Waals surface area contributed by atoms with Crippen LogP contribution in [-0.4, -0.2) is 19.4 Å². The van der Waals surface area contributed by atoms with Gasteiger partial charge in [0.1, 0.15) is 11.3 Å². The van der Waals surface area contributed by atoms with Crippen LogP contribution in [0, 0.1) is 0 Å². The Morgan fingerprint density at radius 3 is 1.53 bits per heavy atom. The number of nitrogens with one attached hydrogen (secondary N) is 2. The SMILES string of the molecule is COc1ccc(N=C(NNC(c2ccccc2)(c2ccccc2)c2ccccc2)C(F)F)cc1. The van der Waals surface area contributed by atoms with Gasteiger partial charge in [-0.25, -0.2) is 19.2 Å². The molecule has 4 aromatic rings. The highest BCUT2D eigenvalue weighted by Gasteiger charge is 2.37. The van der Waals surface area contributed by atoms with E-state index in [1.165, 1.54) is 0 Å². The molecule has 4 aromatic carbocycles. The van der Waals surface area contributed by atoms with Crippen LogP contribution in [0.4, 0.5) is 14.5 Å². The Balaban J connectivity index is 1.79. The molecule has 0 amide bonds. The van der Waals surface area contributed by atoms with Crippen molar-refractivity contribution in [2.75, 3.05) is 7.11 Å². The van der Waals surface area contributed by atoms with Gasteiger partial charge in [-0.1, -0.05) is 91.0 Å². The number of hydrazine groups is 1. The molecule has 4 nitrogen and oxygen atoms in total. The fourth-order valence-electron chi connectivity index (χ4n) is 3.87. The van der Waals surface area contributed by atoms with Crippen LogP contribution in [0.1, 0.15) is 16.7 Å². The van der Waals surface area contributed by atoms with E-state index in [0.717, 1.165) is 16.7 Å². The number of nitrogens with zero attached hydrogens (tertiary/aromatic N) is 1. The van der Waals surface area contributed by atoms with E-state index in [0.29, 0.717) is 11.4 Å². The van der Waals surface area contributed by atoms with Crippen molar-refractivity contribution in [1.82, 2.24) is 10.9 Å². The zero-order valence-corrected chi connectivity index (χ0v) is 18.7. The van der Waals surface area contributed by atoms with E-state index in [1.807, 2.05) is 91.0 Å². The smallest absolute Gasteiger partial charge is 0.296 e. The first-order valence-corrected chi connectivity index (χ1v) is 10.8. The van der Waals surface area contributed by atoms with Gasteiger partial charge in [0.25, 0.3) is 6.43 Å². The molecule has 0 aliphatic heterocycles. The molecular weight excluding hydrogens is 432 g/mol. The number of halogens is 2. The van der Waals surface area contributed by atoms with Gasteiger partial charge >= 0.3 is 0 Å². The fraction of sp³-hybridized carbons (Fsp3) is 0.107. The van der Waals surface area contributed by atoms with Crippen LogP contribution in [0.5, 0.6) is 5.75 Å². The van der Waals surface area contributed by atoms with E-state index < -0.39 is 17.8 Å². The summed E-state index contributed by atoms with van der Waals surface area (Å²) in [6, 6.07) is 35.8. The summed E-state index contributed by atoms with van der Waals surface area (Å²) < 4.78 is 33.2. The second-order valence-electron chi connectivity index (χ2n) is 7.59. The van der Waals surface area contributed by atoms with Gasteiger partial charge in [0.15, 0.2) is 5.84 Å². The van der Waals surface area contributed by atoms with Crippen molar-refractivity contribution in [3.05, 3.63) is 132 Å². The van der Waals surface area contributed by atoms with Gasteiger partial charge in [0.05, 0.1) is 12.8 Å². The quantitative estimate of drug-likeness (QED) is 0.146. The lowest BCUT2D eigenvalue weighted by Gasteiger charge is -2.37. The van der Waals surface area contributed by atoms with Crippen LogP contribution in [0.2, 0.25) is 0 Å². The molecule has 6 heteroatoms. The average Bonchev–Trinajstić information content (AvgIpc) is 2.90. The zero-order valence-electron chi connectivity index (χ0n) is 18.7. The predicted octanol–water partition coefficient (Wildman–Crippen LogP) is 6.08. The van der Waals surface area contributed by atoms with Gasteiger partial charge in [-0.2, -0.15) is 0 Å². The van der Waals surface area contributed by atoms with E-state index in [1.54, 1.807) is 31.4 Å². The van der Waals surface area contributed by atoms with E-state index >= 15 is 0 Å². The van der Waals surface area contributed by atoms with E-state index in [4.69, 9.17) is 4.74 Å². The van der Waals surface area contributed by atoms with Crippen molar-refractivity contribution in [3.63, 3.8) is 0 Å². The molecule has 0 aliphatic rings. The second kappa shape index (κ2) is 10.7. The molecule has 0 heterocycles. The lowest BCUT2D eigenvalue weighted by atomic mass is 9.77. The summed E-state index contributed by atoms with van der Waals surface area (Å²) in [6.45, 7) is 0. The second-order valence-corrected chi connectivity index (χ2v) is 7.59. The molecule has 2 N–H and O–H groups in total. The van der Waals surface area contributed by atoms with E-state index in [2.05, 4.69) is 15.8 Å². The lowest BCUT2D eigenvalue weighted by Crippen LogP contribution is -2.54. The van der Waals surface area contributed by atoms with Gasteiger partial charge in [-0.15, -0.1) is 0 Å². The molecule has 172 valence electrons. The predicted molar refractivity (Wildman–Crippen MR) is 132 cm³/mol. The maximum atomic E-state index is 14.1. The van der Waals surface area contributed by atoms with Crippen molar-refractivity contribution in [2.45, 2.75) is 12.0 Å². The molecule has 0 saturated carbocycles. The summed E-state index contributed by atoms with van der Waals surface area (Å²) in [4.78, 5) is 4.16. The Morgan fingerprint density at radius 1 is 0.706 bits per heavy atom. The van der Waals surface area contributed by atoms with E-state index in [9.17, 15) is 8.78 Å². The fourth-order valence-corrected chi connectivity index (χ4v) is 3.87. The molecule has 0 bridgehead atoms. The lowest BCUT2D eigenvalue weighted by molar-refractivity contribution is 0.216. The standard InChI is InChI=1S/C28H25F2N3O/c1-34-25-19-17-24(18-20-25)31-27(26(29)30)32-33-28(21-11-5-2-6-12-21,22-13-7-3-8-14-22)23-15-9-4-10-16-23/h2-20,26,33H,1H3,(H,31,32). The van der Waals surface area contributed by atoms with Crippen molar-refractivity contribution >= 4 is 11.5 Å². The van der Waals surface area contributed by atoms with Crippen molar-refractivity contribution in [3.8, 4) is 5.75 Å².